The van der Waals surface area contributed by atoms with Crippen LogP contribution in [0.15, 0.2) is 16.7 Å². The Bertz CT molecular complexity index is 792. The molecular formula is C19H26N4O3. The standard InChI is InChI=1S/C19H26N4O3/c1-11(2)23-9-7-14(8-10-23)15-5-6-16(25-19(20)24)17(12(15)3)18-21-13(4)22-26-18/h5-6,11,14H,7-10H2,1-4H3,(H2,20,24). The van der Waals surface area contributed by atoms with E-state index >= 15 is 0 Å². The van der Waals surface area contributed by atoms with Crippen molar-refractivity contribution in [1.29, 1.82) is 0 Å². The Hall–Kier alpha value is -2.41. The second kappa shape index (κ2) is 7.45. The molecule has 26 heavy (non-hydrogen) atoms. The maximum absolute atomic E-state index is 11.3. The summed E-state index contributed by atoms with van der Waals surface area (Å²) in [7, 11) is 0. The lowest BCUT2D eigenvalue weighted by Crippen LogP contribution is -2.38. The molecule has 140 valence electrons. The van der Waals surface area contributed by atoms with Crippen LogP contribution < -0.4 is 10.5 Å². The van der Waals surface area contributed by atoms with Gasteiger partial charge in [-0.15, -0.1) is 0 Å². The van der Waals surface area contributed by atoms with Crippen molar-refractivity contribution < 1.29 is 14.1 Å². The number of rotatable bonds is 4. The van der Waals surface area contributed by atoms with Gasteiger partial charge in [0.05, 0.1) is 5.56 Å². The summed E-state index contributed by atoms with van der Waals surface area (Å²) in [6, 6.07) is 4.37. The fourth-order valence-electron chi connectivity index (χ4n) is 3.73. The van der Waals surface area contributed by atoms with Crippen LogP contribution >= 0.6 is 0 Å². The van der Waals surface area contributed by atoms with Crippen molar-refractivity contribution in [3.05, 3.63) is 29.1 Å². The van der Waals surface area contributed by atoms with E-state index in [1.54, 1.807) is 13.0 Å². The quantitative estimate of drug-likeness (QED) is 0.900. The van der Waals surface area contributed by atoms with Crippen LogP contribution in [0.3, 0.4) is 0 Å². The van der Waals surface area contributed by atoms with Gasteiger partial charge >= 0.3 is 6.09 Å². The Morgan fingerprint density at radius 3 is 2.54 bits per heavy atom. The van der Waals surface area contributed by atoms with Crippen molar-refractivity contribution in [2.45, 2.75) is 52.5 Å². The molecule has 7 heteroatoms. The molecule has 3 rings (SSSR count). The summed E-state index contributed by atoms with van der Waals surface area (Å²) in [4.78, 5) is 18.1. The summed E-state index contributed by atoms with van der Waals surface area (Å²) >= 11 is 0. The van der Waals surface area contributed by atoms with E-state index in [2.05, 4.69) is 28.9 Å². The van der Waals surface area contributed by atoms with Crippen molar-refractivity contribution in [2.24, 2.45) is 5.73 Å². The Balaban J connectivity index is 1.96. The van der Waals surface area contributed by atoms with Gasteiger partial charge < -0.3 is 19.9 Å². The molecule has 1 amide bonds. The third-order valence-electron chi connectivity index (χ3n) is 5.12. The van der Waals surface area contributed by atoms with E-state index in [0.717, 1.165) is 31.5 Å². The maximum atomic E-state index is 11.3. The highest BCUT2D eigenvalue weighted by molar-refractivity contribution is 5.75. The van der Waals surface area contributed by atoms with Gasteiger partial charge in [0.2, 0.25) is 0 Å². The van der Waals surface area contributed by atoms with E-state index < -0.39 is 6.09 Å². The number of primary amides is 1. The fraction of sp³-hybridized carbons (Fsp3) is 0.526. The predicted molar refractivity (Wildman–Crippen MR) is 98.1 cm³/mol. The Morgan fingerprint density at radius 2 is 2.00 bits per heavy atom. The first-order valence-corrected chi connectivity index (χ1v) is 9.02. The number of amides is 1. The highest BCUT2D eigenvalue weighted by atomic mass is 16.5. The summed E-state index contributed by atoms with van der Waals surface area (Å²) in [5.41, 5.74) is 8.09. The van der Waals surface area contributed by atoms with Crippen molar-refractivity contribution in [3.8, 4) is 17.2 Å². The molecule has 0 spiro atoms. The minimum absolute atomic E-state index is 0.345. The van der Waals surface area contributed by atoms with E-state index in [4.69, 9.17) is 15.0 Å². The third-order valence-corrected chi connectivity index (χ3v) is 5.12. The summed E-state index contributed by atoms with van der Waals surface area (Å²) in [6.45, 7) is 10.4. The van der Waals surface area contributed by atoms with Crippen molar-refractivity contribution in [3.63, 3.8) is 0 Å². The van der Waals surface area contributed by atoms with Crippen molar-refractivity contribution in [1.82, 2.24) is 15.0 Å². The normalized spacial score (nSPS) is 16.2. The number of hydrogen-bond donors (Lipinski definition) is 1. The second-order valence-electron chi connectivity index (χ2n) is 7.12. The van der Waals surface area contributed by atoms with E-state index in [9.17, 15) is 4.79 Å². The van der Waals surface area contributed by atoms with Crippen molar-refractivity contribution >= 4 is 6.09 Å². The number of hydrogen-bond acceptors (Lipinski definition) is 6. The summed E-state index contributed by atoms with van der Waals surface area (Å²) in [6.07, 6.45) is 1.33. The molecule has 1 fully saturated rings. The van der Waals surface area contributed by atoms with Crippen LogP contribution in [0.5, 0.6) is 5.75 Å². The number of nitrogens with zero attached hydrogens (tertiary/aromatic N) is 3. The fourth-order valence-corrected chi connectivity index (χ4v) is 3.73. The number of ether oxygens (including phenoxy) is 1. The third kappa shape index (κ3) is 3.72. The Morgan fingerprint density at radius 1 is 1.31 bits per heavy atom. The molecule has 1 aliphatic rings. The molecule has 0 unspecified atom stereocenters. The number of carbonyl (C=O) groups excluding carboxylic acids is 1. The highest BCUT2D eigenvalue weighted by Gasteiger charge is 2.27. The van der Waals surface area contributed by atoms with Gasteiger partial charge in [-0.05, 0) is 76.7 Å². The first kappa shape index (κ1) is 18.4. The van der Waals surface area contributed by atoms with E-state index in [1.165, 1.54) is 5.56 Å². The lowest BCUT2D eigenvalue weighted by Gasteiger charge is -2.35. The lowest BCUT2D eigenvalue weighted by atomic mass is 9.84. The summed E-state index contributed by atoms with van der Waals surface area (Å²) in [5, 5.41) is 3.86. The molecule has 0 aliphatic carbocycles. The van der Waals surface area contributed by atoms with Gasteiger partial charge in [-0.3, -0.25) is 0 Å². The van der Waals surface area contributed by atoms with Gasteiger partial charge in [-0.2, -0.15) is 4.98 Å². The first-order chi connectivity index (χ1) is 12.4. The van der Waals surface area contributed by atoms with Gasteiger partial charge in [-0.25, -0.2) is 4.79 Å². The summed E-state index contributed by atoms with van der Waals surface area (Å²) < 4.78 is 10.5. The average Bonchev–Trinajstić information content (AvgIpc) is 3.00. The minimum atomic E-state index is -0.861. The van der Waals surface area contributed by atoms with E-state index in [1.807, 2.05) is 13.0 Å². The molecule has 1 aliphatic heterocycles. The number of carbonyl (C=O) groups is 1. The van der Waals surface area contributed by atoms with Crippen LogP contribution in [0.1, 0.15) is 49.6 Å². The van der Waals surface area contributed by atoms with E-state index in [-0.39, 0.29) is 0 Å². The van der Waals surface area contributed by atoms with Crippen LogP contribution in [0.4, 0.5) is 4.79 Å². The number of benzene rings is 1. The molecule has 2 aromatic rings. The van der Waals surface area contributed by atoms with Crippen LogP contribution in [-0.2, 0) is 0 Å². The molecule has 0 saturated carbocycles. The van der Waals surface area contributed by atoms with Gasteiger partial charge in [0.15, 0.2) is 5.82 Å². The number of aryl methyl sites for hydroxylation is 1. The molecular weight excluding hydrogens is 332 g/mol. The minimum Gasteiger partial charge on any atom is -0.410 e. The molecule has 1 aromatic carbocycles. The molecule has 0 radical (unpaired) electrons. The second-order valence-corrected chi connectivity index (χ2v) is 7.12. The predicted octanol–water partition coefficient (Wildman–Crippen LogP) is 3.40. The number of nitrogens with two attached hydrogens (primary N) is 1. The zero-order valence-electron chi connectivity index (χ0n) is 15.8. The van der Waals surface area contributed by atoms with E-state index in [0.29, 0.717) is 35.0 Å². The van der Waals surface area contributed by atoms with Crippen LogP contribution in [0, 0.1) is 13.8 Å². The average molecular weight is 358 g/mol. The monoisotopic (exact) mass is 358 g/mol. The smallest absolute Gasteiger partial charge is 0.409 e. The molecule has 7 nitrogen and oxygen atoms in total. The van der Waals surface area contributed by atoms with Gasteiger partial charge in [0.1, 0.15) is 5.75 Å². The SMILES string of the molecule is Cc1noc(-c2c(OC(N)=O)ccc(C3CCN(C(C)C)CC3)c2C)n1. The first-order valence-electron chi connectivity index (χ1n) is 9.02. The van der Waals surface area contributed by atoms with Gasteiger partial charge in [0, 0.05) is 6.04 Å². The Kier molecular flexibility index (Phi) is 5.27. The van der Waals surface area contributed by atoms with Crippen LogP contribution in [0.2, 0.25) is 0 Å². The highest BCUT2D eigenvalue weighted by Crippen LogP contribution is 2.39. The Labute approximate surface area is 153 Å². The molecule has 2 heterocycles. The number of aromatic nitrogens is 2. The molecule has 0 bridgehead atoms. The van der Waals surface area contributed by atoms with Crippen LogP contribution in [-0.4, -0.2) is 40.3 Å². The lowest BCUT2D eigenvalue weighted by molar-refractivity contribution is 0.171. The zero-order chi connectivity index (χ0) is 18.8. The van der Waals surface area contributed by atoms with Gasteiger partial charge in [-0.1, -0.05) is 11.2 Å². The summed E-state index contributed by atoms with van der Waals surface area (Å²) in [5.74, 6) is 1.68. The zero-order valence-corrected chi connectivity index (χ0v) is 15.8. The largest absolute Gasteiger partial charge is 0.410 e. The molecule has 2 N–H and O–H groups in total. The topological polar surface area (TPSA) is 94.5 Å². The van der Waals surface area contributed by atoms with Gasteiger partial charge in [0.25, 0.3) is 5.89 Å². The molecule has 0 atom stereocenters. The maximum Gasteiger partial charge on any atom is 0.409 e. The number of piperidine rings is 1. The van der Waals surface area contributed by atoms with Crippen LogP contribution in [0.25, 0.3) is 11.5 Å². The molecule has 1 aromatic heterocycles. The molecule has 1 saturated heterocycles. The number of likely N-dealkylation sites (tertiary alicyclic amines) is 1. The van der Waals surface area contributed by atoms with Crippen molar-refractivity contribution in [2.75, 3.05) is 13.1 Å².